The number of anilines is 2. The van der Waals surface area contributed by atoms with Gasteiger partial charge < -0.3 is 4.90 Å². The summed E-state index contributed by atoms with van der Waals surface area (Å²) in [7, 11) is 0. The van der Waals surface area contributed by atoms with Gasteiger partial charge >= 0.3 is 0 Å². The summed E-state index contributed by atoms with van der Waals surface area (Å²) < 4.78 is 0. The highest BCUT2D eigenvalue weighted by molar-refractivity contribution is 6.31. The summed E-state index contributed by atoms with van der Waals surface area (Å²) in [5.74, 6) is 0. The van der Waals surface area contributed by atoms with Gasteiger partial charge in [-0.05, 0) is 136 Å². The van der Waals surface area contributed by atoms with Gasteiger partial charge in [0.2, 0.25) is 0 Å². The molecule has 0 aromatic heterocycles. The van der Waals surface area contributed by atoms with Crippen LogP contribution < -0.4 is 4.90 Å². The molecule has 2 atom stereocenters. The van der Waals surface area contributed by atoms with Crippen molar-refractivity contribution in [1.29, 1.82) is 0 Å². The lowest BCUT2D eigenvalue weighted by Gasteiger charge is -2.29. The molecule has 0 spiro atoms. The fourth-order valence-electron chi connectivity index (χ4n) is 10.5. The van der Waals surface area contributed by atoms with Gasteiger partial charge in [-0.15, -0.1) is 0 Å². The summed E-state index contributed by atoms with van der Waals surface area (Å²) >= 11 is 0. The number of nitrogens with zero attached hydrogens (tertiary/aromatic N) is 1. The van der Waals surface area contributed by atoms with E-state index in [1.54, 1.807) is 0 Å². The average Bonchev–Trinajstić information content (AvgIpc) is 3.74. The Hall–Kier alpha value is -6.44. The first kappa shape index (κ1) is 30.1. The Labute approximate surface area is 315 Å². The molecule has 54 heavy (non-hydrogen) atoms. The van der Waals surface area contributed by atoms with Gasteiger partial charge in [0.15, 0.2) is 0 Å². The monoisotopic (exact) mass is 687 g/mol. The molecule has 254 valence electrons. The number of fused-ring (bicyclic) bond motifs is 5. The lowest BCUT2D eigenvalue weighted by Crippen LogP contribution is -2.30. The van der Waals surface area contributed by atoms with Crippen LogP contribution in [0, 0.1) is 0 Å². The van der Waals surface area contributed by atoms with Crippen LogP contribution in [0.5, 0.6) is 0 Å². The van der Waals surface area contributed by atoms with Crippen molar-refractivity contribution in [2.75, 3.05) is 4.90 Å². The standard InChI is InChI=1S/C53H37N/c1-52-32-53(52,2)54(37-16-4-3-5-17-37)49-29-24-36(30-48(49)52)46-31-47(41-21-11-15-34-13-7-9-19-39(34)41)45-26-23-35-22-25-42(43-27-28-44(46)51(45)50(35)43)40-20-10-14-33-12-6-8-18-38(33)40/h3-31H,32H2,1-2H3/t52-,53?/m0/s1. The van der Waals surface area contributed by atoms with E-state index in [1.165, 1.54) is 104 Å². The molecule has 1 fully saturated rings. The van der Waals surface area contributed by atoms with Crippen molar-refractivity contribution < 1.29 is 0 Å². The van der Waals surface area contributed by atoms with Crippen molar-refractivity contribution in [3.8, 4) is 33.4 Å². The molecular formula is C53H37N. The third kappa shape index (κ3) is 3.89. The summed E-state index contributed by atoms with van der Waals surface area (Å²) in [5.41, 5.74) is 12.0. The van der Waals surface area contributed by atoms with Crippen LogP contribution in [0.3, 0.4) is 0 Å². The van der Waals surface area contributed by atoms with Crippen molar-refractivity contribution in [2.45, 2.75) is 31.2 Å². The first-order valence-electron chi connectivity index (χ1n) is 19.2. The minimum atomic E-state index is 0.0735. The van der Waals surface area contributed by atoms with Crippen LogP contribution >= 0.6 is 0 Å². The number of rotatable bonds is 4. The SMILES string of the molecule is CC12C[C@@]1(C)c1cc(-c3cc(-c4cccc5ccccc45)c4ccc5ccc(-c6cccc7ccccc67)c6ccc3c4c56)ccc1N2c1ccccc1. The Morgan fingerprint density at radius 3 is 1.72 bits per heavy atom. The summed E-state index contributed by atoms with van der Waals surface area (Å²) in [6.45, 7) is 4.92. The highest BCUT2D eigenvalue weighted by Gasteiger charge is 2.70. The van der Waals surface area contributed by atoms with Crippen molar-refractivity contribution in [3.63, 3.8) is 0 Å². The van der Waals surface area contributed by atoms with E-state index in [-0.39, 0.29) is 11.0 Å². The maximum atomic E-state index is 2.60. The van der Waals surface area contributed by atoms with Gasteiger partial charge in [0.05, 0.1) is 5.54 Å². The molecule has 10 aromatic carbocycles. The Morgan fingerprint density at radius 2 is 0.981 bits per heavy atom. The van der Waals surface area contributed by atoms with Crippen molar-refractivity contribution >= 4 is 65.2 Å². The molecule has 0 saturated heterocycles. The second kappa shape index (κ2) is 10.6. The number of hydrogen-bond acceptors (Lipinski definition) is 1. The average molecular weight is 688 g/mol. The van der Waals surface area contributed by atoms with Gasteiger partial charge in [-0.1, -0.05) is 153 Å². The van der Waals surface area contributed by atoms with Crippen LogP contribution in [-0.4, -0.2) is 5.54 Å². The van der Waals surface area contributed by atoms with Gasteiger partial charge in [0.1, 0.15) is 0 Å². The van der Waals surface area contributed by atoms with Crippen LogP contribution in [0.2, 0.25) is 0 Å². The quantitative estimate of drug-likeness (QED) is 0.167. The molecule has 0 N–H and O–H groups in total. The Kier molecular flexibility index (Phi) is 5.89. The van der Waals surface area contributed by atoms with E-state index in [4.69, 9.17) is 0 Å². The predicted molar refractivity (Wildman–Crippen MR) is 230 cm³/mol. The first-order chi connectivity index (χ1) is 26.5. The maximum Gasteiger partial charge on any atom is 0.0528 e. The molecule has 12 rings (SSSR count). The van der Waals surface area contributed by atoms with Crippen LogP contribution in [0.4, 0.5) is 11.4 Å². The number of para-hydroxylation sites is 1. The van der Waals surface area contributed by atoms with Crippen molar-refractivity contribution in [1.82, 2.24) is 0 Å². The van der Waals surface area contributed by atoms with Crippen LogP contribution in [0.15, 0.2) is 176 Å². The summed E-state index contributed by atoms with van der Waals surface area (Å²) in [6, 6.07) is 66.0. The fourth-order valence-corrected chi connectivity index (χ4v) is 10.5. The lowest BCUT2D eigenvalue weighted by atomic mass is 9.82. The molecule has 1 heterocycles. The molecule has 1 nitrogen and oxygen atoms in total. The zero-order chi connectivity index (χ0) is 35.8. The zero-order valence-electron chi connectivity index (χ0n) is 30.4. The molecule has 0 radical (unpaired) electrons. The minimum absolute atomic E-state index is 0.0735. The Balaban J connectivity index is 1.17. The first-order valence-corrected chi connectivity index (χ1v) is 19.2. The molecule has 0 amide bonds. The Bertz CT molecular complexity index is 3160. The zero-order valence-corrected chi connectivity index (χ0v) is 30.4. The molecule has 1 heteroatoms. The molecule has 2 aliphatic rings. The van der Waals surface area contributed by atoms with E-state index in [0.717, 1.165) is 6.42 Å². The summed E-state index contributed by atoms with van der Waals surface area (Å²) in [4.78, 5) is 2.60. The van der Waals surface area contributed by atoms with Crippen LogP contribution in [-0.2, 0) is 5.41 Å². The number of benzene rings is 10. The van der Waals surface area contributed by atoms with Gasteiger partial charge in [-0.25, -0.2) is 0 Å². The van der Waals surface area contributed by atoms with E-state index < -0.39 is 0 Å². The summed E-state index contributed by atoms with van der Waals surface area (Å²) in [5, 5.41) is 13.0. The molecule has 1 aliphatic carbocycles. The van der Waals surface area contributed by atoms with Crippen LogP contribution in [0.1, 0.15) is 25.8 Å². The molecule has 0 bridgehead atoms. The molecular weight excluding hydrogens is 651 g/mol. The second-order valence-electron chi connectivity index (χ2n) is 16.1. The largest absolute Gasteiger partial charge is 0.334 e. The smallest absolute Gasteiger partial charge is 0.0528 e. The van der Waals surface area contributed by atoms with Gasteiger partial charge in [-0.3, -0.25) is 0 Å². The van der Waals surface area contributed by atoms with E-state index in [2.05, 4.69) is 195 Å². The normalized spacial score (nSPS) is 19.0. The van der Waals surface area contributed by atoms with Crippen molar-refractivity contribution in [2.24, 2.45) is 0 Å². The highest BCUT2D eigenvalue weighted by Crippen LogP contribution is 2.70. The van der Waals surface area contributed by atoms with E-state index in [0.29, 0.717) is 0 Å². The topological polar surface area (TPSA) is 3.24 Å². The van der Waals surface area contributed by atoms with E-state index in [1.807, 2.05) is 0 Å². The van der Waals surface area contributed by atoms with Crippen LogP contribution in [0.25, 0.3) is 87.2 Å². The molecule has 10 aromatic rings. The lowest BCUT2D eigenvalue weighted by molar-refractivity contribution is 0.639. The Morgan fingerprint density at radius 1 is 0.407 bits per heavy atom. The van der Waals surface area contributed by atoms with Gasteiger partial charge in [-0.2, -0.15) is 0 Å². The van der Waals surface area contributed by atoms with Gasteiger partial charge in [0.25, 0.3) is 0 Å². The third-order valence-corrected chi connectivity index (χ3v) is 13.4. The maximum absolute atomic E-state index is 2.60. The van der Waals surface area contributed by atoms with E-state index in [9.17, 15) is 0 Å². The van der Waals surface area contributed by atoms with Gasteiger partial charge in [0, 0.05) is 16.8 Å². The number of hydrogen-bond donors (Lipinski definition) is 0. The second-order valence-corrected chi connectivity index (χ2v) is 16.1. The molecule has 1 unspecified atom stereocenters. The molecule has 1 saturated carbocycles. The fraction of sp³-hybridized carbons (Fsp3) is 0.0943. The predicted octanol–water partition coefficient (Wildman–Crippen LogP) is 14.5. The minimum Gasteiger partial charge on any atom is -0.334 e. The third-order valence-electron chi connectivity index (χ3n) is 13.4. The van der Waals surface area contributed by atoms with E-state index >= 15 is 0 Å². The highest BCUT2D eigenvalue weighted by atomic mass is 15.3. The van der Waals surface area contributed by atoms with Crippen molar-refractivity contribution in [3.05, 3.63) is 181 Å². The molecule has 1 aliphatic heterocycles. The summed E-state index contributed by atoms with van der Waals surface area (Å²) in [6.07, 6.45) is 1.15.